The molecule has 1 aromatic rings. The smallest absolute Gasteiger partial charge is 0.335 e. The van der Waals surface area contributed by atoms with Crippen LogP contribution in [-0.4, -0.2) is 22.8 Å². The van der Waals surface area contributed by atoms with E-state index in [1.165, 1.54) is 12.1 Å². The molecule has 0 bridgehead atoms. The van der Waals surface area contributed by atoms with Crippen LogP contribution in [0, 0.1) is 6.92 Å². The van der Waals surface area contributed by atoms with E-state index in [-0.39, 0.29) is 17.3 Å². The summed E-state index contributed by atoms with van der Waals surface area (Å²) in [7, 11) is 0. The van der Waals surface area contributed by atoms with E-state index in [0.717, 1.165) is 5.56 Å². The largest absolute Gasteiger partial charge is 0.478 e. The molecule has 0 aromatic heterocycles. The molecule has 1 aromatic carbocycles. The van der Waals surface area contributed by atoms with E-state index in [2.05, 4.69) is 20.9 Å². The zero-order valence-corrected chi connectivity index (χ0v) is 10.8. The van der Waals surface area contributed by atoms with Crippen molar-refractivity contribution in [3.8, 4) is 0 Å². The Hall–Kier alpha value is -1.07. The molecule has 86 valence electrons. The topological polar surface area (TPSA) is 75.7 Å². The Balaban J connectivity index is 3.28. The van der Waals surface area contributed by atoms with Gasteiger partial charge in [0.05, 0.1) is 17.1 Å². The second-order valence-corrected chi connectivity index (χ2v) is 4.29. The van der Waals surface area contributed by atoms with Gasteiger partial charge in [-0.1, -0.05) is 0 Å². The standard InChI is InChI=1S/C10H10BrClN2O2/c1-5-2-6(10(15)16)3-7(11)9(5)14-8(13)4-12/h2-3H,4H2,1H3,(H2,13,14)(H,15,16). The van der Waals surface area contributed by atoms with Gasteiger partial charge in [0, 0.05) is 4.47 Å². The number of carbonyl (C=O) groups is 1. The van der Waals surface area contributed by atoms with Gasteiger partial charge in [0.1, 0.15) is 5.84 Å². The average molecular weight is 306 g/mol. The van der Waals surface area contributed by atoms with Crippen LogP contribution >= 0.6 is 27.5 Å². The molecular weight excluding hydrogens is 295 g/mol. The van der Waals surface area contributed by atoms with Gasteiger partial charge in [0.2, 0.25) is 0 Å². The van der Waals surface area contributed by atoms with Crippen LogP contribution in [-0.2, 0) is 0 Å². The number of nitrogens with zero attached hydrogens (tertiary/aromatic N) is 1. The highest BCUT2D eigenvalue weighted by atomic mass is 79.9. The summed E-state index contributed by atoms with van der Waals surface area (Å²) in [6.07, 6.45) is 0. The van der Waals surface area contributed by atoms with Gasteiger partial charge in [0.25, 0.3) is 0 Å². The van der Waals surface area contributed by atoms with E-state index in [1.807, 2.05) is 0 Å². The number of hydrogen-bond acceptors (Lipinski definition) is 2. The number of rotatable bonds is 3. The van der Waals surface area contributed by atoms with Gasteiger partial charge in [0.15, 0.2) is 0 Å². The number of halogens is 2. The van der Waals surface area contributed by atoms with E-state index in [1.54, 1.807) is 6.92 Å². The maximum absolute atomic E-state index is 10.8. The minimum Gasteiger partial charge on any atom is -0.478 e. The van der Waals surface area contributed by atoms with Gasteiger partial charge >= 0.3 is 5.97 Å². The molecule has 0 saturated carbocycles. The Labute approximate surface area is 106 Å². The first-order valence-corrected chi connectivity index (χ1v) is 5.71. The van der Waals surface area contributed by atoms with Crippen LogP contribution in [0.3, 0.4) is 0 Å². The zero-order valence-electron chi connectivity index (χ0n) is 8.50. The first kappa shape index (κ1) is 13.0. The van der Waals surface area contributed by atoms with Crippen molar-refractivity contribution in [2.75, 3.05) is 5.88 Å². The molecule has 16 heavy (non-hydrogen) atoms. The Morgan fingerprint density at radius 2 is 2.25 bits per heavy atom. The predicted molar refractivity (Wildman–Crippen MR) is 67.8 cm³/mol. The number of benzene rings is 1. The molecule has 6 heteroatoms. The number of carboxylic acid groups (broad SMARTS) is 1. The molecule has 0 amide bonds. The maximum atomic E-state index is 10.8. The summed E-state index contributed by atoms with van der Waals surface area (Å²) in [5.41, 5.74) is 7.05. The van der Waals surface area contributed by atoms with Crippen molar-refractivity contribution in [3.05, 3.63) is 27.7 Å². The van der Waals surface area contributed by atoms with Crippen LogP contribution in [0.25, 0.3) is 0 Å². The van der Waals surface area contributed by atoms with Crippen LogP contribution in [0.5, 0.6) is 0 Å². The number of nitrogens with two attached hydrogens (primary N) is 1. The summed E-state index contributed by atoms with van der Waals surface area (Å²) in [4.78, 5) is 14.9. The summed E-state index contributed by atoms with van der Waals surface area (Å²) in [6, 6.07) is 3.02. The minimum absolute atomic E-state index is 0.132. The number of aryl methyl sites for hydroxylation is 1. The van der Waals surface area contributed by atoms with Crippen molar-refractivity contribution in [1.29, 1.82) is 0 Å². The second kappa shape index (κ2) is 5.32. The normalized spacial score (nSPS) is 11.6. The summed E-state index contributed by atoms with van der Waals surface area (Å²) < 4.78 is 0.581. The molecule has 0 atom stereocenters. The third-order valence-electron chi connectivity index (χ3n) is 1.89. The summed E-state index contributed by atoms with van der Waals surface area (Å²) >= 11 is 8.78. The molecule has 0 aliphatic rings. The van der Waals surface area contributed by atoms with Crippen molar-refractivity contribution in [1.82, 2.24) is 0 Å². The van der Waals surface area contributed by atoms with Crippen molar-refractivity contribution in [2.45, 2.75) is 6.92 Å². The van der Waals surface area contributed by atoms with E-state index >= 15 is 0 Å². The highest BCUT2D eigenvalue weighted by molar-refractivity contribution is 9.10. The van der Waals surface area contributed by atoms with Gasteiger partial charge in [-0.3, -0.25) is 0 Å². The number of amidine groups is 1. The van der Waals surface area contributed by atoms with Gasteiger partial charge < -0.3 is 10.8 Å². The van der Waals surface area contributed by atoms with E-state index in [4.69, 9.17) is 22.4 Å². The maximum Gasteiger partial charge on any atom is 0.335 e. The van der Waals surface area contributed by atoms with Gasteiger partial charge in [-0.15, -0.1) is 11.6 Å². The Kier molecular flexibility index (Phi) is 4.32. The number of aliphatic imine (C=N–C) groups is 1. The molecule has 0 aliphatic carbocycles. The molecule has 0 fully saturated rings. The Morgan fingerprint density at radius 3 is 2.69 bits per heavy atom. The van der Waals surface area contributed by atoms with Crippen LogP contribution in [0.2, 0.25) is 0 Å². The Bertz CT molecular complexity index is 437. The quantitative estimate of drug-likeness (QED) is 0.512. The molecule has 0 heterocycles. The third-order valence-corrected chi connectivity index (χ3v) is 2.77. The molecule has 0 spiro atoms. The predicted octanol–water partition coefficient (Wildman–Crippen LogP) is 2.68. The minimum atomic E-state index is -0.982. The first-order chi connectivity index (χ1) is 7.45. The molecule has 0 unspecified atom stereocenters. The fourth-order valence-corrected chi connectivity index (χ4v) is 1.88. The van der Waals surface area contributed by atoms with Crippen molar-refractivity contribution < 1.29 is 9.90 Å². The number of aromatic carboxylic acids is 1. The molecule has 0 radical (unpaired) electrons. The SMILES string of the molecule is Cc1cc(C(=O)O)cc(Br)c1N=C(N)CCl. The highest BCUT2D eigenvalue weighted by Gasteiger charge is 2.10. The summed E-state index contributed by atoms with van der Waals surface area (Å²) in [6.45, 7) is 1.76. The van der Waals surface area contributed by atoms with E-state index < -0.39 is 5.97 Å². The van der Waals surface area contributed by atoms with E-state index in [0.29, 0.717) is 10.2 Å². The van der Waals surface area contributed by atoms with Crippen molar-refractivity contribution >= 4 is 45.0 Å². The van der Waals surface area contributed by atoms with Crippen LogP contribution in [0.1, 0.15) is 15.9 Å². The Morgan fingerprint density at radius 1 is 1.62 bits per heavy atom. The monoisotopic (exact) mass is 304 g/mol. The lowest BCUT2D eigenvalue weighted by molar-refractivity contribution is 0.0696. The van der Waals surface area contributed by atoms with Crippen LogP contribution in [0.4, 0.5) is 5.69 Å². The fourth-order valence-electron chi connectivity index (χ4n) is 1.18. The zero-order chi connectivity index (χ0) is 12.3. The van der Waals surface area contributed by atoms with Gasteiger partial charge in [-0.2, -0.15) is 0 Å². The lowest BCUT2D eigenvalue weighted by Crippen LogP contribution is -2.12. The number of alkyl halides is 1. The second-order valence-electron chi connectivity index (χ2n) is 3.17. The average Bonchev–Trinajstić information content (AvgIpc) is 2.22. The molecule has 0 saturated heterocycles. The van der Waals surface area contributed by atoms with Crippen molar-refractivity contribution in [2.24, 2.45) is 10.7 Å². The first-order valence-electron chi connectivity index (χ1n) is 4.38. The summed E-state index contributed by atoms with van der Waals surface area (Å²) in [5.74, 6) is -0.565. The molecule has 0 aliphatic heterocycles. The highest BCUT2D eigenvalue weighted by Crippen LogP contribution is 2.30. The number of hydrogen-bond donors (Lipinski definition) is 2. The molecule has 4 nitrogen and oxygen atoms in total. The number of carboxylic acids is 1. The van der Waals surface area contributed by atoms with Crippen LogP contribution in [0.15, 0.2) is 21.6 Å². The summed E-state index contributed by atoms with van der Waals surface area (Å²) in [5, 5.41) is 8.85. The van der Waals surface area contributed by atoms with Gasteiger partial charge in [-0.25, -0.2) is 9.79 Å². The third kappa shape index (κ3) is 2.96. The van der Waals surface area contributed by atoms with Gasteiger partial charge in [-0.05, 0) is 40.5 Å². The fraction of sp³-hybridized carbons (Fsp3) is 0.200. The molecular formula is C10H10BrClN2O2. The van der Waals surface area contributed by atoms with Crippen LogP contribution < -0.4 is 5.73 Å². The molecule has 3 N–H and O–H groups in total. The van der Waals surface area contributed by atoms with Crippen molar-refractivity contribution in [3.63, 3.8) is 0 Å². The van der Waals surface area contributed by atoms with E-state index in [9.17, 15) is 4.79 Å². The lowest BCUT2D eigenvalue weighted by atomic mass is 10.1. The lowest BCUT2D eigenvalue weighted by Gasteiger charge is -2.06. The molecule has 1 rings (SSSR count).